The fraction of sp³-hybridized carbons (Fsp3) is 0.600. The van der Waals surface area contributed by atoms with Gasteiger partial charge in [-0.2, -0.15) is 0 Å². The van der Waals surface area contributed by atoms with E-state index in [4.69, 9.17) is 5.73 Å². The van der Waals surface area contributed by atoms with Gasteiger partial charge in [0.25, 0.3) is 0 Å². The van der Waals surface area contributed by atoms with Crippen molar-refractivity contribution in [3.05, 3.63) is 35.9 Å². The minimum Gasteiger partial charge on any atom is -0.326 e. The number of hydrogen-bond acceptors (Lipinski definition) is 2. The van der Waals surface area contributed by atoms with Gasteiger partial charge in [-0.3, -0.25) is 4.90 Å². The zero-order chi connectivity index (χ0) is 12.4. The molecule has 0 saturated carbocycles. The topological polar surface area (TPSA) is 29.3 Å². The van der Waals surface area contributed by atoms with Crippen LogP contribution in [0.5, 0.6) is 0 Å². The van der Waals surface area contributed by atoms with Crippen molar-refractivity contribution in [1.29, 1.82) is 0 Å². The van der Waals surface area contributed by atoms with Crippen molar-refractivity contribution >= 4 is 0 Å². The molecule has 2 heteroatoms. The number of likely N-dealkylation sites (tertiary alicyclic amines) is 1. The van der Waals surface area contributed by atoms with Gasteiger partial charge in [-0.15, -0.1) is 0 Å². The van der Waals surface area contributed by atoms with E-state index in [1.807, 2.05) is 0 Å². The van der Waals surface area contributed by atoms with E-state index < -0.39 is 0 Å². The molecule has 1 aliphatic rings. The molecule has 0 amide bonds. The highest BCUT2D eigenvalue weighted by Crippen LogP contribution is 2.33. The Balaban J connectivity index is 2.24. The maximum absolute atomic E-state index is 6.21. The minimum absolute atomic E-state index is 0.171. The normalized spacial score (nSPS) is 29.2. The van der Waals surface area contributed by atoms with Crippen molar-refractivity contribution in [1.82, 2.24) is 4.90 Å². The highest BCUT2D eigenvalue weighted by molar-refractivity contribution is 5.21. The van der Waals surface area contributed by atoms with Crippen LogP contribution in [-0.2, 0) is 0 Å². The largest absolute Gasteiger partial charge is 0.326 e. The van der Waals surface area contributed by atoms with Gasteiger partial charge < -0.3 is 5.73 Å². The van der Waals surface area contributed by atoms with Crippen LogP contribution in [0.15, 0.2) is 30.3 Å². The van der Waals surface area contributed by atoms with Crippen molar-refractivity contribution < 1.29 is 0 Å². The fourth-order valence-corrected chi connectivity index (χ4v) is 3.17. The predicted molar refractivity (Wildman–Crippen MR) is 72.8 cm³/mol. The number of hydrogen-bond donors (Lipinski definition) is 1. The monoisotopic (exact) mass is 232 g/mol. The quantitative estimate of drug-likeness (QED) is 0.868. The van der Waals surface area contributed by atoms with E-state index in [0.717, 1.165) is 5.92 Å². The molecule has 17 heavy (non-hydrogen) atoms. The lowest BCUT2D eigenvalue weighted by molar-refractivity contribution is 0.167. The van der Waals surface area contributed by atoms with Crippen LogP contribution in [0, 0.1) is 5.92 Å². The molecule has 2 N–H and O–H groups in total. The summed E-state index contributed by atoms with van der Waals surface area (Å²) in [6.45, 7) is 7.94. The van der Waals surface area contributed by atoms with Gasteiger partial charge in [0.15, 0.2) is 0 Å². The second-order valence-corrected chi connectivity index (χ2v) is 5.60. The lowest BCUT2D eigenvalue weighted by Crippen LogP contribution is -2.41. The lowest BCUT2D eigenvalue weighted by Gasteiger charge is -2.34. The van der Waals surface area contributed by atoms with Crippen LogP contribution in [0.3, 0.4) is 0 Å². The third-order valence-corrected chi connectivity index (χ3v) is 3.83. The molecular weight excluding hydrogens is 208 g/mol. The van der Waals surface area contributed by atoms with Crippen molar-refractivity contribution in [2.24, 2.45) is 11.7 Å². The average molecular weight is 232 g/mol. The molecule has 2 nitrogen and oxygen atoms in total. The number of nitrogens with two attached hydrogens (primary N) is 1. The Labute approximate surface area is 105 Å². The van der Waals surface area contributed by atoms with Crippen molar-refractivity contribution in [3.8, 4) is 0 Å². The van der Waals surface area contributed by atoms with E-state index >= 15 is 0 Å². The first-order chi connectivity index (χ1) is 8.09. The van der Waals surface area contributed by atoms with Gasteiger partial charge in [0.05, 0.1) is 0 Å². The fourth-order valence-electron chi connectivity index (χ4n) is 3.17. The van der Waals surface area contributed by atoms with E-state index in [0.29, 0.717) is 12.1 Å². The van der Waals surface area contributed by atoms with Crippen molar-refractivity contribution in [3.63, 3.8) is 0 Å². The lowest BCUT2D eigenvalue weighted by atomic mass is 9.98. The average Bonchev–Trinajstić information content (AvgIpc) is 2.59. The van der Waals surface area contributed by atoms with Crippen molar-refractivity contribution in [2.45, 2.75) is 45.3 Å². The summed E-state index contributed by atoms with van der Waals surface area (Å²) in [5, 5.41) is 0. The van der Waals surface area contributed by atoms with Gasteiger partial charge in [0, 0.05) is 24.7 Å². The first kappa shape index (κ1) is 12.6. The van der Waals surface area contributed by atoms with Crippen LogP contribution in [-0.4, -0.2) is 23.5 Å². The molecule has 4 atom stereocenters. The Morgan fingerprint density at radius 1 is 1.24 bits per heavy atom. The van der Waals surface area contributed by atoms with Crippen LogP contribution >= 0.6 is 0 Å². The number of nitrogens with zero attached hydrogens (tertiary/aromatic N) is 1. The third kappa shape index (κ3) is 2.70. The van der Waals surface area contributed by atoms with Crippen LogP contribution in [0.2, 0.25) is 0 Å². The molecule has 2 rings (SSSR count). The minimum atomic E-state index is 0.171. The molecule has 0 radical (unpaired) electrons. The van der Waals surface area contributed by atoms with E-state index in [-0.39, 0.29) is 6.04 Å². The summed E-state index contributed by atoms with van der Waals surface area (Å²) in [4.78, 5) is 2.57. The first-order valence-corrected chi connectivity index (χ1v) is 6.66. The highest BCUT2D eigenvalue weighted by atomic mass is 15.2. The molecule has 1 saturated heterocycles. The number of rotatable bonds is 3. The summed E-state index contributed by atoms with van der Waals surface area (Å²) in [7, 11) is 0. The molecular formula is C15H24N2. The Morgan fingerprint density at radius 2 is 1.88 bits per heavy atom. The van der Waals surface area contributed by atoms with Crippen LogP contribution in [0.1, 0.15) is 38.8 Å². The molecule has 0 aliphatic carbocycles. The van der Waals surface area contributed by atoms with Crippen LogP contribution < -0.4 is 5.73 Å². The Bertz CT molecular complexity index is 347. The van der Waals surface area contributed by atoms with Gasteiger partial charge >= 0.3 is 0 Å². The van der Waals surface area contributed by atoms with E-state index in [2.05, 4.69) is 56.0 Å². The molecule has 4 unspecified atom stereocenters. The third-order valence-electron chi connectivity index (χ3n) is 3.83. The van der Waals surface area contributed by atoms with Crippen molar-refractivity contribution in [2.75, 3.05) is 6.54 Å². The zero-order valence-corrected chi connectivity index (χ0v) is 11.1. The summed E-state index contributed by atoms with van der Waals surface area (Å²) in [5.41, 5.74) is 7.56. The molecule has 1 aliphatic heterocycles. The number of benzene rings is 1. The van der Waals surface area contributed by atoms with E-state index in [9.17, 15) is 0 Å². The summed E-state index contributed by atoms with van der Waals surface area (Å²) in [6.07, 6.45) is 1.29. The summed E-state index contributed by atoms with van der Waals surface area (Å²) < 4.78 is 0. The predicted octanol–water partition coefficient (Wildman–Crippen LogP) is 2.81. The van der Waals surface area contributed by atoms with Crippen LogP contribution in [0.4, 0.5) is 0 Å². The molecule has 0 spiro atoms. The van der Waals surface area contributed by atoms with E-state index in [1.54, 1.807) is 0 Å². The molecule has 0 bridgehead atoms. The standard InChI is InChI=1S/C15H24N2/c1-11-9-12(2)17(10-11)15(13(3)16)14-7-5-4-6-8-14/h4-8,11-13,15H,9-10,16H2,1-3H3. The van der Waals surface area contributed by atoms with Gasteiger partial charge in [0.2, 0.25) is 0 Å². The second-order valence-electron chi connectivity index (χ2n) is 5.60. The molecule has 1 heterocycles. The van der Waals surface area contributed by atoms with Gasteiger partial charge in [-0.25, -0.2) is 0 Å². The smallest absolute Gasteiger partial charge is 0.0499 e. The molecule has 1 fully saturated rings. The maximum Gasteiger partial charge on any atom is 0.0499 e. The van der Waals surface area contributed by atoms with Crippen LogP contribution in [0.25, 0.3) is 0 Å². The Kier molecular flexibility index (Phi) is 3.85. The van der Waals surface area contributed by atoms with Gasteiger partial charge in [-0.1, -0.05) is 37.3 Å². The van der Waals surface area contributed by atoms with E-state index in [1.165, 1.54) is 18.5 Å². The van der Waals surface area contributed by atoms with Gasteiger partial charge in [-0.05, 0) is 31.7 Å². The Hall–Kier alpha value is -0.860. The summed E-state index contributed by atoms with van der Waals surface area (Å²) in [6, 6.07) is 11.8. The molecule has 94 valence electrons. The second kappa shape index (κ2) is 5.19. The SMILES string of the molecule is CC1CC(C)N(C(c2ccccc2)C(C)N)C1. The zero-order valence-electron chi connectivity index (χ0n) is 11.1. The maximum atomic E-state index is 6.21. The molecule has 1 aromatic rings. The molecule has 1 aromatic carbocycles. The molecule has 0 aromatic heterocycles. The van der Waals surface area contributed by atoms with Gasteiger partial charge in [0.1, 0.15) is 0 Å². The summed E-state index contributed by atoms with van der Waals surface area (Å²) >= 11 is 0. The summed E-state index contributed by atoms with van der Waals surface area (Å²) in [5.74, 6) is 0.787. The Morgan fingerprint density at radius 3 is 2.35 bits per heavy atom. The first-order valence-electron chi connectivity index (χ1n) is 6.66. The highest BCUT2D eigenvalue weighted by Gasteiger charge is 2.34.